The number of carboxylic acid groups (broad SMARTS) is 1. The lowest BCUT2D eigenvalue weighted by Crippen LogP contribution is -2.48. The number of amides is 1. The predicted molar refractivity (Wildman–Crippen MR) is 148 cm³/mol. The summed E-state index contributed by atoms with van der Waals surface area (Å²) in [5.41, 5.74) is 1.10. The van der Waals surface area contributed by atoms with Crippen LogP contribution in [0.4, 0.5) is 10.6 Å². The van der Waals surface area contributed by atoms with Gasteiger partial charge in [-0.3, -0.25) is 4.90 Å². The standard InChI is InChI=1S/C28H39ClN4O5/c1-16(2)38-27(36)33-23(19-10-9-13-30-25(19)32(6)7)22(21(28(3,4)5)24(33)26(34)35)31-15-17-11-12-18(29)14-20(17)37-8/h9-14,16,21-24,31H,15H2,1-8H3,(H,34,35)/t21-,22-,23-,24-/m1/s1. The Hall–Kier alpha value is -3.04. The van der Waals surface area contributed by atoms with Crippen molar-refractivity contribution in [2.24, 2.45) is 11.3 Å². The molecule has 1 amide bonds. The van der Waals surface area contributed by atoms with Crippen LogP contribution in [0.1, 0.15) is 51.8 Å². The van der Waals surface area contributed by atoms with Gasteiger partial charge in [-0.1, -0.05) is 44.5 Å². The van der Waals surface area contributed by atoms with Crippen molar-refractivity contribution in [1.29, 1.82) is 0 Å². The average Bonchev–Trinajstić information content (AvgIpc) is 3.18. The first-order valence-corrected chi connectivity index (χ1v) is 13.1. The topological polar surface area (TPSA) is 104 Å². The van der Waals surface area contributed by atoms with Gasteiger partial charge in [0.1, 0.15) is 17.6 Å². The number of rotatable bonds is 8. The lowest BCUT2D eigenvalue weighted by molar-refractivity contribution is -0.144. The van der Waals surface area contributed by atoms with E-state index in [9.17, 15) is 14.7 Å². The van der Waals surface area contributed by atoms with Gasteiger partial charge >= 0.3 is 12.1 Å². The number of nitrogens with zero attached hydrogens (tertiary/aromatic N) is 3. The molecule has 208 valence electrons. The van der Waals surface area contributed by atoms with Crippen LogP contribution in [0.2, 0.25) is 5.02 Å². The minimum absolute atomic E-state index is 0.366. The molecule has 9 nitrogen and oxygen atoms in total. The van der Waals surface area contributed by atoms with E-state index in [1.807, 2.05) is 51.9 Å². The van der Waals surface area contributed by atoms with Gasteiger partial charge in [-0.05, 0) is 37.5 Å². The molecule has 1 aromatic heterocycles. The molecule has 1 aromatic carbocycles. The molecule has 38 heavy (non-hydrogen) atoms. The molecular formula is C28H39ClN4O5. The molecule has 4 atom stereocenters. The maximum Gasteiger partial charge on any atom is 0.411 e. The minimum atomic E-state index is -1.13. The Kier molecular flexibility index (Phi) is 9.15. The van der Waals surface area contributed by atoms with Crippen LogP contribution >= 0.6 is 11.6 Å². The van der Waals surface area contributed by atoms with Crippen molar-refractivity contribution in [3.63, 3.8) is 0 Å². The summed E-state index contributed by atoms with van der Waals surface area (Å²) in [5.74, 6) is -0.292. The highest BCUT2D eigenvalue weighted by Crippen LogP contribution is 2.49. The second-order valence-corrected chi connectivity index (χ2v) is 11.6. The Morgan fingerprint density at radius 3 is 2.47 bits per heavy atom. The van der Waals surface area contributed by atoms with Gasteiger partial charge in [0.2, 0.25) is 0 Å². The maximum absolute atomic E-state index is 13.6. The normalized spacial score (nSPS) is 21.5. The van der Waals surface area contributed by atoms with Crippen LogP contribution in [0.15, 0.2) is 36.5 Å². The largest absolute Gasteiger partial charge is 0.496 e. The van der Waals surface area contributed by atoms with Crippen molar-refractivity contribution in [2.75, 3.05) is 26.1 Å². The summed E-state index contributed by atoms with van der Waals surface area (Å²) in [7, 11) is 5.32. The second kappa shape index (κ2) is 11.8. The molecule has 0 spiro atoms. The van der Waals surface area contributed by atoms with Gasteiger partial charge in [0, 0.05) is 54.9 Å². The molecular weight excluding hydrogens is 508 g/mol. The molecule has 0 unspecified atom stereocenters. The molecule has 2 N–H and O–H groups in total. The molecule has 1 aliphatic rings. The van der Waals surface area contributed by atoms with E-state index in [1.165, 1.54) is 4.90 Å². The smallest absolute Gasteiger partial charge is 0.411 e. The average molecular weight is 547 g/mol. The Bertz CT molecular complexity index is 1150. The van der Waals surface area contributed by atoms with Gasteiger partial charge in [-0.25, -0.2) is 14.6 Å². The fraction of sp³-hybridized carbons (Fsp3) is 0.536. The van der Waals surface area contributed by atoms with E-state index < -0.39 is 47.6 Å². The summed E-state index contributed by atoms with van der Waals surface area (Å²) in [6.07, 6.45) is 0.591. The van der Waals surface area contributed by atoms with Crippen molar-refractivity contribution in [1.82, 2.24) is 15.2 Å². The summed E-state index contributed by atoms with van der Waals surface area (Å²) in [5, 5.41) is 14.7. The summed E-state index contributed by atoms with van der Waals surface area (Å²) < 4.78 is 11.2. The fourth-order valence-electron chi connectivity index (χ4n) is 5.37. The number of likely N-dealkylation sites (tertiary alicyclic amines) is 1. The summed E-state index contributed by atoms with van der Waals surface area (Å²) in [4.78, 5) is 34.3. The van der Waals surface area contributed by atoms with Crippen LogP contribution in [0.25, 0.3) is 0 Å². The van der Waals surface area contributed by atoms with Crippen molar-refractivity contribution >= 4 is 29.5 Å². The third-order valence-electron chi connectivity index (χ3n) is 6.80. The third kappa shape index (κ3) is 6.15. The number of pyridine rings is 1. The Labute approximate surface area is 230 Å². The van der Waals surface area contributed by atoms with Crippen LogP contribution in [0.5, 0.6) is 5.75 Å². The number of methoxy groups -OCH3 is 1. The lowest BCUT2D eigenvalue weighted by atomic mass is 9.72. The van der Waals surface area contributed by atoms with E-state index >= 15 is 0 Å². The van der Waals surface area contributed by atoms with Gasteiger partial charge in [0.05, 0.1) is 19.3 Å². The van der Waals surface area contributed by atoms with Gasteiger partial charge < -0.3 is 24.8 Å². The predicted octanol–water partition coefficient (Wildman–Crippen LogP) is 4.99. The SMILES string of the molecule is COc1cc(Cl)ccc1CN[C@@H]1[C@@H](C(C)(C)C)[C@H](C(=O)O)N(C(=O)OC(C)C)[C@@H]1c1cccnc1N(C)C. The van der Waals surface area contributed by atoms with Crippen molar-refractivity contribution < 1.29 is 24.2 Å². The Morgan fingerprint density at radius 2 is 1.92 bits per heavy atom. The van der Waals surface area contributed by atoms with Gasteiger partial charge in [-0.2, -0.15) is 0 Å². The zero-order valence-electron chi connectivity index (χ0n) is 23.4. The molecule has 2 heterocycles. The van der Waals surface area contributed by atoms with Crippen molar-refractivity contribution in [2.45, 2.75) is 65.4 Å². The van der Waals surface area contributed by atoms with E-state index in [0.29, 0.717) is 23.1 Å². The van der Waals surface area contributed by atoms with Crippen LogP contribution < -0.4 is 15.0 Å². The fourth-order valence-corrected chi connectivity index (χ4v) is 5.54. The highest BCUT2D eigenvalue weighted by Gasteiger charge is 2.59. The lowest BCUT2D eigenvalue weighted by Gasteiger charge is -2.35. The molecule has 0 saturated carbocycles. The number of hydrogen-bond donors (Lipinski definition) is 2. The molecule has 3 rings (SSSR count). The summed E-state index contributed by atoms with van der Waals surface area (Å²) in [6, 6.07) is 6.83. The Morgan fingerprint density at radius 1 is 1.24 bits per heavy atom. The number of ether oxygens (including phenoxy) is 2. The highest BCUT2D eigenvalue weighted by atomic mass is 35.5. The molecule has 1 saturated heterocycles. The number of carbonyl (C=O) groups is 2. The number of nitrogens with one attached hydrogen (secondary N) is 1. The van der Waals surface area contributed by atoms with Crippen LogP contribution in [0, 0.1) is 11.3 Å². The molecule has 2 aromatic rings. The summed E-state index contributed by atoms with van der Waals surface area (Å²) >= 11 is 6.17. The minimum Gasteiger partial charge on any atom is -0.496 e. The highest BCUT2D eigenvalue weighted by molar-refractivity contribution is 6.30. The number of carboxylic acids is 1. The van der Waals surface area contributed by atoms with Crippen LogP contribution in [-0.2, 0) is 16.1 Å². The molecule has 10 heteroatoms. The van der Waals surface area contributed by atoms with Crippen LogP contribution in [-0.4, -0.2) is 66.4 Å². The zero-order chi connectivity index (χ0) is 28.4. The zero-order valence-corrected chi connectivity index (χ0v) is 24.1. The van der Waals surface area contributed by atoms with E-state index in [0.717, 1.165) is 11.1 Å². The number of aromatic nitrogens is 1. The molecule has 0 radical (unpaired) electrons. The van der Waals surface area contributed by atoms with E-state index in [-0.39, 0.29) is 0 Å². The number of carbonyl (C=O) groups excluding carboxylic acids is 1. The number of aliphatic carboxylic acids is 1. The quantitative estimate of drug-likeness (QED) is 0.477. The number of anilines is 1. The Balaban J connectivity index is 2.22. The second-order valence-electron chi connectivity index (χ2n) is 11.1. The molecule has 0 aliphatic carbocycles. The first-order valence-electron chi connectivity index (χ1n) is 12.7. The van der Waals surface area contributed by atoms with Gasteiger partial charge in [-0.15, -0.1) is 0 Å². The molecule has 0 bridgehead atoms. The van der Waals surface area contributed by atoms with Crippen molar-refractivity contribution in [3.8, 4) is 5.75 Å². The molecule has 1 aliphatic heterocycles. The van der Waals surface area contributed by atoms with E-state index in [2.05, 4.69) is 10.3 Å². The maximum atomic E-state index is 13.6. The van der Waals surface area contributed by atoms with E-state index in [4.69, 9.17) is 21.1 Å². The summed E-state index contributed by atoms with van der Waals surface area (Å²) in [6.45, 7) is 9.85. The third-order valence-corrected chi connectivity index (χ3v) is 7.04. The van der Waals surface area contributed by atoms with Crippen molar-refractivity contribution in [3.05, 3.63) is 52.7 Å². The van der Waals surface area contributed by atoms with Gasteiger partial charge in [0.25, 0.3) is 0 Å². The van der Waals surface area contributed by atoms with Gasteiger partial charge in [0.15, 0.2) is 0 Å². The molecule has 1 fully saturated rings. The number of halogens is 1. The van der Waals surface area contributed by atoms with Crippen LogP contribution in [0.3, 0.4) is 0 Å². The first kappa shape index (κ1) is 29.5. The van der Waals surface area contributed by atoms with E-state index in [1.54, 1.807) is 45.4 Å². The monoisotopic (exact) mass is 546 g/mol. The number of benzene rings is 1. The first-order chi connectivity index (χ1) is 17.8. The number of hydrogen-bond acceptors (Lipinski definition) is 7.